The summed E-state index contributed by atoms with van der Waals surface area (Å²) in [5, 5.41) is 3.85. The van der Waals surface area contributed by atoms with Crippen LogP contribution in [0.2, 0.25) is 20.1 Å². The Morgan fingerprint density at radius 3 is 2.12 bits per heavy atom. The second-order valence-electron chi connectivity index (χ2n) is 9.54. The quantitative estimate of drug-likeness (QED) is 0.210. The van der Waals surface area contributed by atoms with Crippen LogP contribution in [0.3, 0.4) is 0 Å². The lowest BCUT2D eigenvalue weighted by Crippen LogP contribution is -2.51. The number of nitrogens with zero attached hydrogens (tertiary/aromatic N) is 2. The average molecular weight is 659 g/mol. The van der Waals surface area contributed by atoms with Crippen molar-refractivity contribution < 1.29 is 18.0 Å². The van der Waals surface area contributed by atoms with Gasteiger partial charge in [0.25, 0.3) is 10.0 Å². The molecule has 220 valence electrons. The molecule has 0 aliphatic heterocycles. The number of hydrogen-bond acceptors (Lipinski definition) is 4. The van der Waals surface area contributed by atoms with Gasteiger partial charge in [-0.2, -0.15) is 0 Å². The van der Waals surface area contributed by atoms with E-state index in [1.165, 1.54) is 35.2 Å². The third-order valence-corrected chi connectivity index (χ3v) is 9.32. The fourth-order valence-corrected chi connectivity index (χ4v) is 6.24. The number of aryl methyl sites for hydroxylation is 1. The molecule has 0 radical (unpaired) electrons. The molecule has 1 atom stereocenters. The summed E-state index contributed by atoms with van der Waals surface area (Å²) >= 11 is 24.7. The van der Waals surface area contributed by atoms with Crippen molar-refractivity contribution in [2.24, 2.45) is 0 Å². The summed E-state index contributed by atoms with van der Waals surface area (Å²) < 4.78 is 28.7. The first-order valence-corrected chi connectivity index (χ1v) is 15.8. The maximum Gasteiger partial charge on any atom is 0.264 e. The van der Waals surface area contributed by atoms with Crippen molar-refractivity contribution in [2.45, 2.75) is 51.1 Å². The summed E-state index contributed by atoms with van der Waals surface area (Å²) in [6.45, 7) is 5.23. The summed E-state index contributed by atoms with van der Waals surface area (Å²) in [7, 11) is -4.25. The van der Waals surface area contributed by atoms with E-state index in [2.05, 4.69) is 5.32 Å². The van der Waals surface area contributed by atoms with Gasteiger partial charge in [-0.05, 0) is 68.3 Å². The highest BCUT2D eigenvalue weighted by atomic mass is 35.5. The number of halogens is 4. The van der Waals surface area contributed by atoms with Gasteiger partial charge >= 0.3 is 0 Å². The van der Waals surface area contributed by atoms with E-state index in [9.17, 15) is 18.0 Å². The minimum Gasteiger partial charge on any atom is -0.354 e. The molecule has 41 heavy (non-hydrogen) atoms. The Morgan fingerprint density at radius 1 is 0.902 bits per heavy atom. The number of anilines is 1. The number of carbonyl (C=O) groups excluding carboxylic acids is 2. The fourth-order valence-electron chi connectivity index (χ4n) is 4.00. The van der Waals surface area contributed by atoms with Crippen LogP contribution in [0.4, 0.5) is 5.69 Å². The second kappa shape index (κ2) is 14.6. The van der Waals surface area contributed by atoms with Crippen molar-refractivity contribution in [2.75, 3.05) is 17.4 Å². The highest BCUT2D eigenvalue weighted by molar-refractivity contribution is 7.92. The Morgan fingerprint density at radius 2 is 1.54 bits per heavy atom. The summed E-state index contributed by atoms with van der Waals surface area (Å²) in [4.78, 5) is 28.3. The van der Waals surface area contributed by atoms with E-state index >= 15 is 0 Å². The first kappa shape index (κ1) is 33.0. The van der Waals surface area contributed by atoms with Gasteiger partial charge < -0.3 is 10.2 Å². The van der Waals surface area contributed by atoms with E-state index in [1.807, 2.05) is 13.8 Å². The predicted octanol–water partition coefficient (Wildman–Crippen LogP) is 7.14. The van der Waals surface area contributed by atoms with Crippen LogP contribution < -0.4 is 9.62 Å². The molecule has 0 fully saturated rings. The van der Waals surface area contributed by atoms with Crippen molar-refractivity contribution in [3.8, 4) is 0 Å². The average Bonchev–Trinajstić information content (AvgIpc) is 2.91. The van der Waals surface area contributed by atoms with Gasteiger partial charge in [0.05, 0.1) is 20.6 Å². The van der Waals surface area contributed by atoms with E-state index in [-0.39, 0.29) is 38.1 Å². The van der Waals surface area contributed by atoms with Crippen molar-refractivity contribution in [3.05, 3.63) is 91.9 Å². The molecule has 1 N–H and O–H groups in total. The topological polar surface area (TPSA) is 86.8 Å². The number of rotatable bonds is 12. The predicted molar refractivity (Wildman–Crippen MR) is 167 cm³/mol. The highest BCUT2D eigenvalue weighted by Gasteiger charge is 2.33. The van der Waals surface area contributed by atoms with Gasteiger partial charge in [0.1, 0.15) is 12.6 Å². The third-order valence-electron chi connectivity index (χ3n) is 6.36. The van der Waals surface area contributed by atoms with Crippen LogP contribution in [0.25, 0.3) is 0 Å². The molecule has 0 aliphatic rings. The zero-order chi connectivity index (χ0) is 30.3. The minimum absolute atomic E-state index is 0.0200. The molecule has 0 aromatic heterocycles. The monoisotopic (exact) mass is 657 g/mol. The molecule has 0 saturated carbocycles. The van der Waals surface area contributed by atoms with E-state index in [1.54, 1.807) is 37.3 Å². The molecule has 0 heterocycles. The lowest BCUT2D eigenvalue weighted by Gasteiger charge is -2.32. The molecule has 0 spiro atoms. The van der Waals surface area contributed by atoms with Crippen LogP contribution in [0.15, 0.2) is 65.6 Å². The standard InChI is InChI=1S/C29H31Cl4N3O4S/c1-4-5-12-34-29(38)20(3)35(17-21-8-11-26(32)27(33)13-21)28(37)18-36(24-15-22(30)14-23(31)16-24)41(39,40)25-9-6-19(2)7-10-25/h6-11,13-16,20H,4-5,12,17-18H2,1-3H3,(H,34,38)/t20-/m0/s1. The minimum atomic E-state index is -4.25. The molecule has 0 bridgehead atoms. The largest absolute Gasteiger partial charge is 0.354 e. The molecule has 0 unspecified atom stereocenters. The number of amides is 2. The molecule has 0 saturated heterocycles. The fraction of sp³-hybridized carbons (Fsp3) is 0.310. The van der Waals surface area contributed by atoms with Crippen molar-refractivity contribution >= 4 is 73.9 Å². The first-order valence-electron chi connectivity index (χ1n) is 12.9. The number of sulfonamides is 1. The Labute approximate surface area is 261 Å². The van der Waals surface area contributed by atoms with Crippen molar-refractivity contribution in [1.29, 1.82) is 0 Å². The molecule has 7 nitrogen and oxygen atoms in total. The highest BCUT2D eigenvalue weighted by Crippen LogP contribution is 2.30. The Kier molecular flexibility index (Phi) is 11.8. The Balaban J connectivity index is 2.05. The Bertz CT molecular complexity index is 1480. The van der Waals surface area contributed by atoms with E-state index in [0.717, 1.165) is 22.7 Å². The smallest absolute Gasteiger partial charge is 0.264 e. The first-order chi connectivity index (χ1) is 19.3. The van der Waals surface area contributed by atoms with Gasteiger partial charge in [-0.15, -0.1) is 0 Å². The molecule has 2 amide bonds. The van der Waals surface area contributed by atoms with Crippen LogP contribution in [0.5, 0.6) is 0 Å². The van der Waals surface area contributed by atoms with Crippen LogP contribution in [0.1, 0.15) is 37.8 Å². The molecule has 3 rings (SSSR count). The molecule has 0 aliphatic carbocycles. The van der Waals surface area contributed by atoms with Gasteiger partial charge in [-0.1, -0.05) is 83.5 Å². The molecular formula is C29H31Cl4N3O4S. The zero-order valence-electron chi connectivity index (χ0n) is 22.8. The van der Waals surface area contributed by atoms with Crippen LogP contribution in [0, 0.1) is 6.92 Å². The third kappa shape index (κ3) is 8.75. The SMILES string of the molecule is CCCCNC(=O)[C@H](C)N(Cc1ccc(Cl)c(Cl)c1)C(=O)CN(c1cc(Cl)cc(Cl)c1)S(=O)(=O)c1ccc(C)cc1. The van der Waals surface area contributed by atoms with Crippen LogP contribution in [-0.2, 0) is 26.2 Å². The number of carbonyl (C=O) groups is 2. The Hall–Kier alpha value is -2.49. The number of hydrogen-bond donors (Lipinski definition) is 1. The maximum absolute atomic E-state index is 14.0. The van der Waals surface area contributed by atoms with Crippen LogP contribution in [-0.4, -0.2) is 44.3 Å². The van der Waals surface area contributed by atoms with Gasteiger partial charge in [-0.25, -0.2) is 8.42 Å². The summed E-state index contributed by atoms with van der Waals surface area (Å²) in [6.07, 6.45) is 1.66. The lowest BCUT2D eigenvalue weighted by atomic mass is 10.1. The lowest BCUT2D eigenvalue weighted by molar-refractivity contribution is -0.139. The molecule has 3 aromatic rings. The number of unbranched alkanes of at least 4 members (excludes halogenated alkanes) is 1. The number of benzene rings is 3. The van der Waals surface area contributed by atoms with E-state index < -0.39 is 28.5 Å². The van der Waals surface area contributed by atoms with Gasteiger partial charge in [0, 0.05) is 23.1 Å². The summed E-state index contributed by atoms with van der Waals surface area (Å²) in [5.41, 5.74) is 1.58. The van der Waals surface area contributed by atoms with Crippen molar-refractivity contribution in [3.63, 3.8) is 0 Å². The van der Waals surface area contributed by atoms with E-state index in [4.69, 9.17) is 46.4 Å². The summed E-state index contributed by atoms with van der Waals surface area (Å²) in [5.74, 6) is -0.994. The summed E-state index contributed by atoms with van der Waals surface area (Å²) in [6, 6.07) is 14.5. The van der Waals surface area contributed by atoms with Gasteiger partial charge in [0.15, 0.2) is 0 Å². The van der Waals surface area contributed by atoms with Crippen LogP contribution >= 0.6 is 46.4 Å². The number of nitrogens with one attached hydrogen (secondary N) is 1. The maximum atomic E-state index is 14.0. The van der Waals surface area contributed by atoms with E-state index in [0.29, 0.717) is 17.1 Å². The molecular weight excluding hydrogens is 628 g/mol. The zero-order valence-corrected chi connectivity index (χ0v) is 26.7. The molecule has 12 heteroatoms. The van der Waals surface area contributed by atoms with Gasteiger partial charge in [-0.3, -0.25) is 13.9 Å². The van der Waals surface area contributed by atoms with Gasteiger partial charge in [0.2, 0.25) is 11.8 Å². The second-order valence-corrected chi connectivity index (χ2v) is 13.1. The normalized spacial score (nSPS) is 12.1. The van der Waals surface area contributed by atoms with Crippen molar-refractivity contribution in [1.82, 2.24) is 10.2 Å². The molecule has 3 aromatic carbocycles.